The van der Waals surface area contributed by atoms with Crippen molar-refractivity contribution in [2.45, 2.75) is 43.9 Å². The Kier molecular flexibility index (Phi) is 4.81. The van der Waals surface area contributed by atoms with E-state index in [1.807, 2.05) is 0 Å². The van der Waals surface area contributed by atoms with Crippen LogP contribution in [0.4, 0.5) is 13.2 Å². The molecule has 0 aromatic carbocycles. The molecule has 9 heteroatoms. The van der Waals surface area contributed by atoms with Crippen LogP contribution in [0, 0.1) is 5.82 Å². The number of piperidine rings is 1. The molecule has 0 saturated carbocycles. The Balaban J connectivity index is 1.58. The average Bonchev–Trinajstić information content (AvgIpc) is 2.93. The minimum absolute atomic E-state index is 0.0392. The summed E-state index contributed by atoms with van der Waals surface area (Å²) in [5.74, 6) is -1.01. The van der Waals surface area contributed by atoms with Crippen LogP contribution >= 0.6 is 0 Å². The zero-order valence-electron chi connectivity index (χ0n) is 14.9. The van der Waals surface area contributed by atoms with Crippen molar-refractivity contribution in [3.05, 3.63) is 29.8 Å². The van der Waals surface area contributed by atoms with Crippen LogP contribution in [-0.2, 0) is 11.3 Å². The van der Waals surface area contributed by atoms with E-state index in [1.165, 1.54) is 10.8 Å². The average molecular weight is 382 g/mol. The molecule has 27 heavy (non-hydrogen) atoms. The van der Waals surface area contributed by atoms with E-state index in [-0.39, 0.29) is 34.7 Å². The van der Waals surface area contributed by atoms with Gasteiger partial charge >= 0.3 is 0 Å². The van der Waals surface area contributed by atoms with Gasteiger partial charge in [-0.05, 0) is 26.0 Å². The Hall–Kier alpha value is -2.13. The number of rotatable bonds is 4. The lowest BCUT2D eigenvalue weighted by Crippen LogP contribution is -2.59. The molecule has 2 aliphatic rings. The molecule has 0 aliphatic carbocycles. The summed E-state index contributed by atoms with van der Waals surface area (Å²) in [7, 11) is 2.06. The van der Waals surface area contributed by atoms with Crippen molar-refractivity contribution in [3.8, 4) is 0 Å². The summed E-state index contributed by atoms with van der Waals surface area (Å²) in [5.41, 5.74) is 0.341. The van der Waals surface area contributed by atoms with Crippen LogP contribution < -0.4 is 5.32 Å². The minimum Gasteiger partial charge on any atom is -0.378 e. The van der Waals surface area contributed by atoms with E-state index in [4.69, 9.17) is 4.74 Å². The number of amides is 1. The van der Waals surface area contributed by atoms with Gasteiger partial charge in [-0.25, -0.2) is 18.2 Å². The number of likely N-dealkylation sites (N-methyl/N-ethyl adjacent to an activating group) is 1. The number of nitrogens with one attached hydrogen (secondary N) is 1. The van der Waals surface area contributed by atoms with Crippen molar-refractivity contribution >= 4 is 16.9 Å². The van der Waals surface area contributed by atoms with E-state index in [2.05, 4.69) is 22.2 Å². The summed E-state index contributed by atoms with van der Waals surface area (Å²) < 4.78 is 46.1. The summed E-state index contributed by atoms with van der Waals surface area (Å²) in [6.07, 6.45) is 1.19. The number of hydrogen-bond acceptors (Lipinski definition) is 4. The van der Waals surface area contributed by atoms with Crippen LogP contribution in [-0.4, -0.2) is 65.2 Å². The minimum atomic E-state index is -2.60. The molecule has 2 aliphatic heterocycles. The number of aromatic nitrogens is 2. The first-order valence-corrected chi connectivity index (χ1v) is 8.95. The Morgan fingerprint density at radius 2 is 2.07 bits per heavy atom. The van der Waals surface area contributed by atoms with Crippen molar-refractivity contribution < 1.29 is 22.7 Å². The van der Waals surface area contributed by atoms with Crippen LogP contribution in [0.2, 0.25) is 0 Å². The summed E-state index contributed by atoms with van der Waals surface area (Å²) in [5, 5.41) is 3.23. The first kappa shape index (κ1) is 18.2. The number of fused-ring (bicyclic) bond motifs is 3. The van der Waals surface area contributed by atoms with Gasteiger partial charge in [0.2, 0.25) is 0 Å². The van der Waals surface area contributed by atoms with E-state index in [0.29, 0.717) is 13.2 Å². The summed E-state index contributed by atoms with van der Waals surface area (Å²) >= 11 is 0. The van der Waals surface area contributed by atoms with Gasteiger partial charge in [-0.1, -0.05) is 0 Å². The Morgan fingerprint density at radius 1 is 1.37 bits per heavy atom. The third kappa shape index (κ3) is 3.53. The summed E-state index contributed by atoms with van der Waals surface area (Å²) in [4.78, 5) is 19.0. The number of hydrogen-bond donors (Lipinski definition) is 1. The first-order valence-electron chi connectivity index (χ1n) is 8.95. The highest BCUT2D eigenvalue weighted by Crippen LogP contribution is 2.27. The first-order chi connectivity index (χ1) is 12.9. The molecule has 6 nitrogen and oxygen atoms in total. The third-order valence-electron chi connectivity index (χ3n) is 5.48. The number of halogens is 3. The van der Waals surface area contributed by atoms with Gasteiger partial charge in [-0.15, -0.1) is 0 Å². The molecule has 0 radical (unpaired) electrons. The second kappa shape index (κ2) is 7.12. The lowest BCUT2D eigenvalue weighted by molar-refractivity contribution is -0.0670. The van der Waals surface area contributed by atoms with Gasteiger partial charge in [-0.3, -0.25) is 9.69 Å². The van der Waals surface area contributed by atoms with E-state index >= 15 is 0 Å². The molecule has 1 N–H and O–H groups in total. The monoisotopic (exact) mass is 382 g/mol. The number of morpholine rings is 1. The fraction of sp³-hybridized carbons (Fsp3) is 0.556. The number of carbonyl (C=O) groups is 1. The largest absolute Gasteiger partial charge is 0.378 e. The summed E-state index contributed by atoms with van der Waals surface area (Å²) in [6.45, 7) is 0.655. The maximum atomic E-state index is 13.6. The van der Waals surface area contributed by atoms with E-state index in [0.717, 1.165) is 25.1 Å². The number of nitrogens with zero attached hydrogens (tertiary/aromatic N) is 3. The van der Waals surface area contributed by atoms with Crippen LogP contribution in [0.1, 0.15) is 23.2 Å². The topological polar surface area (TPSA) is 59.4 Å². The number of carbonyl (C=O) groups excluding carboxylic acids is 1. The molecule has 4 heterocycles. The van der Waals surface area contributed by atoms with Gasteiger partial charge in [-0.2, -0.15) is 0 Å². The molecule has 3 atom stereocenters. The van der Waals surface area contributed by atoms with Gasteiger partial charge in [0.05, 0.1) is 31.5 Å². The van der Waals surface area contributed by atoms with Gasteiger partial charge in [0, 0.05) is 29.7 Å². The molecule has 2 aromatic rings. The Morgan fingerprint density at radius 3 is 2.74 bits per heavy atom. The smallest absolute Gasteiger partial charge is 0.256 e. The molecule has 4 rings (SSSR count). The van der Waals surface area contributed by atoms with Gasteiger partial charge < -0.3 is 14.6 Å². The van der Waals surface area contributed by atoms with Crippen molar-refractivity contribution in [2.75, 3.05) is 20.3 Å². The fourth-order valence-corrected chi connectivity index (χ4v) is 4.09. The molecule has 1 amide bonds. The fourth-order valence-electron chi connectivity index (χ4n) is 4.09. The van der Waals surface area contributed by atoms with Gasteiger partial charge in [0.15, 0.2) is 0 Å². The summed E-state index contributed by atoms with van der Waals surface area (Å²) in [6, 6.07) is 1.60. The van der Waals surface area contributed by atoms with Crippen molar-refractivity contribution in [1.82, 2.24) is 19.8 Å². The highest BCUT2D eigenvalue weighted by atomic mass is 19.3. The van der Waals surface area contributed by atoms with Crippen molar-refractivity contribution in [3.63, 3.8) is 0 Å². The molecule has 2 aromatic heterocycles. The van der Waals surface area contributed by atoms with Crippen LogP contribution in [0.3, 0.4) is 0 Å². The molecule has 0 spiro atoms. The molecule has 2 fully saturated rings. The number of alkyl halides is 2. The molecular weight excluding hydrogens is 361 g/mol. The second-order valence-corrected chi connectivity index (χ2v) is 7.26. The third-order valence-corrected chi connectivity index (χ3v) is 5.48. The van der Waals surface area contributed by atoms with E-state index in [1.54, 1.807) is 0 Å². The Bertz CT molecular complexity index is 842. The maximum Gasteiger partial charge on any atom is 0.256 e. The predicted octanol–water partition coefficient (Wildman–Crippen LogP) is 2.03. The van der Waals surface area contributed by atoms with Crippen LogP contribution in [0.25, 0.3) is 11.0 Å². The normalized spacial score (nSPS) is 25.9. The maximum absolute atomic E-state index is 13.6. The molecular formula is C18H21F3N4O2. The predicted molar refractivity (Wildman–Crippen MR) is 92.3 cm³/mol. The number of pyridine rings is 1. The highest BCUT2D eigenvalue weighted by Gasteiger charge is 2.37. The molecule has 146 valence electrons. The second-order valence-electron chi connectivity index (χ2n) is 7.26. The van der Waals surface area contributed by atoms with Gasteiger partial charge in [0.25, 0.3) is 12.3 Å². The quantitative estimate of drug-likeness (QED) is 0.879. The lowest BCUT2D eigenvalue weighted by Gasteiger charge is -2.46. The number of ether oxygens (including phenoxy) is 1. The molecule has 0 unspecified atom stereocenters. The van der Waals surface area contributed by atoms with Crippen molar-refractivity contribution in [1.29, 1.82) is 0 Å². The standard InChI is InChI=1S/C18H21F3N4O2/c1-24-12-3-11(4-13(24)9-27-8-12)23-18(26)15-6-25(7-16(20)21)17-14(15)2-10(19)5-22-17/h2,5-6,11-13,16H,3-4,7-9H2,1H3,(H,23,26)/t11-,12-,13+. The lowest BCUT2D eigenvalue weighted by atomic mass is 9.90. The van der Waals surface area contributed by atoms with Crippen LogP contribution in [0.5, 0.6) is 0 Å². The SMILES string of the molecule is CN1[C@@H]2COC[C@H]1C[C@@H](NC(=O)c1cn(CC(F)F)c3ncc(F)cc13)C2. The van der Waals surface area contributed by atoms with Gasteiger partial charge in [0.1, 0.15) is 11.5 Å². The zero-order chi connectivity index (χ0) is 19.1. The van der Waals surface area contributed by atoms with E-state index in [9.17, 15) is 18.0 Å². The highest BCUT2D eigenvalue weighted by molar-refractivity contribution is 6.06. The zero-order valence-corrected chi connectivity index (χ0v) is 14.9. The van der Waals surface area contributed by atoms with E-state index < -0.39 is 24.7 Å². The molecule has 2 bridgehead atoms. The molecule has 2 saturated heterocycles. The van der Waals surface area contributed by atoms with Crippen molar-refractivity contribution in [2.24, 2.45) is 0 Å². The van der Waals surface area contributed by atoms with Crippen LogP contribution in [0.15, 0.2) is 18.5 Å². The Labute approximate surface area is 154 Å².